The van der Waals surface area contributed by atoms with E-state index in [4.69, 9.17) is 15.5 Å². The number of hydrogen-bond donors (Lipinski definition) is 1. The van der Waals surface area contributed by atoms with Gasteiger partial charge in [0.1, 0.15) is 29.3 Å². The highest BCUT2D eigenvalue weighted by molar-refractivity contribution is 5.95. The Kier molecular flexibility index (Phi) is 9.24. The first-order valence-electron chi connectivity index (χ1n) is 13.6. The van der Waals surface area contributed by atoms with Gasteiger partial charge in [0.25, 0.3) is 5.56 Å². The van der Waals surface area contributed by atoms with Crippen LogP contribution in [-0.2, 0) is 13.0 Å². The second kappa shape index (κ2) is 13.6. The van der Waals surface area contributed by atoms with E-state index in [-0.39, 0.29) is 24.9 Å². The number of hydrogen-bond acceptors (Lipinski definition) is 7. The van der Waals surface area contributed by atoms with Gasteiger partial charge in [-0.3, -0.25) is 14.2 Å². The van der Waals surface area contributed by atoms with E-state index in [0.717, 1.165) is 23.1 Å². The van der Waals surface area contributed by atoms with Gasteiger partial charge in [-0.25, -0.2) is 23.7 Å². The highest BCUT2D eigenvalue weighted by Crippen LogP contribution is 2.26. The molecular weight excluding hydrogens is 552 g/mol. The van der Waals surface area contributed by atoms with Gasteiger partial charge in [0.15, 0.2) is 17.4 Å². The molecule has 0 radical (unpaired) electrons. The molecule has 0 atom stereocenters. The van der Waals surface area contributed by atoms with Gasteiger partial charge in [-0.15, -0.1) is 0 Å². The quantitative estimate of drug-likeness (QED) is 0.192. The molecule has 0 saturated carbocycles. The molecule has 3 aromatic carbocycles. The summed E-state index contributed by atoms with van der Waals surface area (Å²) in [4.78, 5) is 38.9. The summed E-state index contributed by atoms with van der Waals surface area (Å²) in [6.45, 7) is 0.577. The lowest BCUT2D eigenvalue weighted by Crippen LogP contribution is -2.27. The minimum atomic E-state index is -1.02. The lowest BCUT2D eigenvalue weighted by atomic mass is 10.1. The third-order valence-electron chi connectivity index (χ3n) is 6.53. The van der Waals surface area contributed by atoms with Gasteiger partial charge in [-0.1, -0.05) is 48.2 Å². The van der Waals surface area contributed by atoms with Crippen molar-refractivity contribution in [3.05, 3.63) is 129 Å². The Hall–Kier alpha value is -5.27. The lowest BCUT2D eigenvalue weighted by Gasteiger charge is -2.10. The fraction of sp³-hybridized carbons (Fsp3) is 0.182. The number of halogens is 2. The molecule has 0 bridgehead atoms. The first-order valence-corrected chi connectivity index (χ1v) is 13.6. The van der Waals surface area contributed by atoms with Gasteiger partial charge in [-0.2, -0.15) is 0 Å². The third kappa shape index (κ3) is 7.33. The normalized spacial score (nSPS) is 10.8. The van der Waals surface area contributed by atoms with E-state index in [1.807, 2.05) is 36.4 Å². The summed E-state index contributed by atoms with van der Waals surface area (Å²) in [5.41, 5.74) is 7.76. The topological polar surface area (TPSA) is 113 Å². The molecule has 0 saturated heterocycles. The molecule has 2 N–H and O–H groups in total. The number of ketones is 1. The largest absolute Gasteiger partial charge is 0.490 e. The summed E-state index contributed by atoms with van der Waals surface area (Å²) in [7, 11) is 0. The second-order valence-corrected chi connectivity index (χ2v) is 9.71. The van der Waals surface area contributed by atoms with Crippen molar-refractivity contribution >= 4 is 16.7 Å². The van der Waals surface area contributed by atoms with Crippen LogP contribution in [0.2, 0.25) is 0 Å². The van der Waals surface area contributed by atoms with Crippen molar-refractivity contribution in [2.75, 3.05) is 13.2 Å². The van der Waals surface area contributed by atoms with Crippen LogP contribution in [0.3, 0.4) is 0 Å². The van der Waals surface area contributed by atoms with Crippen molar-refractivity contribution in [3.63, 3.8) is 0 Å². The fourth-order valence-corrected chi connectivity index (χ4v) is 4.43. The zero-order valence-corrected chi connectivity index (χ0v) is 23.1. The van der Waals surface area contributed by atoms with Crippen molar-refractivity contribution < 1.29 is 18.3 Å². The fourth-order valence-electron chi connectivity index (χ4n) is 4.43. The van der Waals surface area contributed by atoms with Gasteiger partial charge in [-0.05, 0) is 35.4 Å². The Morgan fingerprint density at radius 3 is 2.63 bits per heavy atom. The third-order valence-corrected chi connectivity index (χ3v) is 6.53. The number of Topliss-reactive ketones (excluding diaryl/α,β-unsaturated/α-hetero) is 1. The van der Waals surface area contributed by atoms with Crippen molar-refractivity contribution in [2.45, 2.75) is 25.8 Å². The molecule has 2 aromatic heterocycles. The summed E-state index contributed by atoms with van der Waals surface area (Å²) in [5, 5.41) is 0.753. The minimum Gasteiger partial charge on any atom is -0.490 e. The summed E-state index contributed by atoms with van der Waals surface area (Å²) in [6.07, 6.45) is 4.96. The van der Waals surface area contributed by atoms with Crippen LogP contribution in [-0.4, -0.2) is 38.5 Å². The Morgan fingerprint density at radius 2 is 1.84 bits per heavy atom. The number of ether oxygens (including phenoxy) is 1. The molecule has 10 heteroatoms. The van der Waals surface area contributed by atoms with Gasteiger partial charge < -0.3 is 10.5 Å². The first-order chi connectivity index (χ1) is 20.9. The van der Waals surface area contributed by atoms with Crippen LogP contribution in [0.25, 0.3) is 10.9 Å². The molecule has 0 unspecified atom stereocenters. The standard InChI is InChI=1S/C33H27F2N5O3/c34-27-11-10-24(15-28(27)35)20-40-21-37-19-26(33(40)42)29(41)9-5-4-8-23-14-25-18-38-31(17-22-6-2-1-3-7-22)39-32(25)30(16-23)43-13-12-36/h1-3,6-7,10-11,14-16,18-19,21H,5,9,12-13,17,20,36H2. The van der Waals surface area contributed by atoms with Crippen LogP contribution in [0.1, 0.15) is 45.7 Å². The maximum Gasteiger partial charge on any atom is 0.264 e. The summed E-state index contributed by atoms with van der Waals surface area (Å²) < 4.78 is 33.9. The van der Waals surface area contributed by atoms with Crippen molar-refractivity contribution in [1.29, 1.82) is 0 Å². The van der Waals surface area contributed by atoms with E-state index in [2.05, 4.69) is 21.8 Å². The molecular formula is C33H27F2N5O3. The molecule has 0 fully saturated rings. The van der Waals surface area contributed by atoms with Crippen molar-refractivity contribution in [1.82, 2.24) is 19.5 Å². The zero-order chi connectivity index (χ0) is 30.2. The average Bonchev–Trinajstić information content (AvgIpc) is 3.01. The van der Waals surface area contributed by atoms with Crippen LogP contribution in [0.15, 0.2) is 84.2 Å². The summed E-state index contributed by atoms with van der Waals surface area (Å²) >= 11 is 0. The van der Waals surface area contributed by atoms with E-state index in [9.17, 15) is 18.4 Å². The number of carbonyl (C=O) groups is 1. The number of fused-ring (bicyclic) bond motifs is 1. The molecule has 0 aliphatic carbocycles. The van der Waals surface area contributed by atoms with Gasteiger partial charge in [0.05, 0.1) is 12.9 Å². The Bertz CT molecular complexity index is 1900. The first kappa shape index (κ1) is 29.2. The van der Waals surface area contributed by atoms with E-state index >= 15 is 0 Å². The minimum absolute atomic E-state index is 0.00478. The van der Waals surface area contributed by atoms with E-state index in [1.54, 1.807) is 12.3 Å². The molecule has 43 heavy (non-hydrogen) atoms. The predicted molar refractivity (Wildman–Crippen MR) is 158 cm³/mol. The van der Waals surface area contributed by atoms with Crippen LogP contribution >= 0.6 is 0 Å². The number of aromatic nitrogens is 4. The Labute approximate surface area is 246 Å². The Morgan fingerprint density at radius 1 is 1.00 bits per heavy atom. The van der Waals surface area contributed by atoms with Crippen LogP contribution in [0.4, 0.5) is 8.78 Å². The van der Waals surface area contributed by atoms with E-state index in [1.165, 1.54) is 23.2 Å². The highest BCUT2D eigenvalue weighted by atomic mass is 19.2. The maximum atomic E-state index is 13.6. The van der Waals surface area contributed by atoms with E-state index < -0.39 is 23.0 Å². The molecule has 0 aliphatic rings. The summed E-state index contributed by atoms with van der Waals surface area (Å²) in [5.74, 6) is 4.81. The summed E-state index contributed by atoms with van der Waals surface area (Å²) in [6, 6.07) is 16.9. The van der Waals surface area contributed by atoms with Gasteiger partial charge >= 0.3 is 0 Å². The molecule has 0 aliphatic heterocycles. The molecule has 5 aromatic rings. The zero-order valence-electron chi connectivity index (χ0n) is 23.1. The molecule has 0 amide bonds. The molecule has 2 heterocycles. The van der Waals surface area contributed by atoms with Crippen LogP contribution in [0.5, 0.6) is 5.75 Å². The number of rotatable bonds is 10. The predicted octanol–water partition coefficient (Wildman–Crippen LogP) is 4.46. The van der Waals surface area contributed by atoms with Crippen molar-refractivity contribution in [2.24, 2.45) is 5.73 Å². The average molecular weight is 580 g/mol. The number of nitrogens with two attached hydrogens (primary N) is 1. The molecule has 8 nitrogen and oxygen atoms in total. The number of carbonyl (C=O) groups excluding carboxylic acids is 1. The SMILES string of the molecule is NCCOc1cc(C#CCCC(=O)c2cncn(Cc3ccc(F)c(F)c3)c2=O)cc2cnc(Cc3ccccc3)nc12. The van der Waals surface area contributed by atoms with Crippen LogP contribution in [0, 0.1) is 23.5 Å². The van der Waals surface area contributed by atoms with Crippen LogP contribution < -0.4 is 16.0 Å². The smallest absolute Gasteiger partial charge is 0.264 e. The molecule has 5 rings (SSSR count). The number of nitrogens with zero attached hydrogens (tertiary/aromatic N) is 4. The van der Waals surface area contributed by atoms with Gasteiger partial charge in [0, 0.05) is 49.2 Å². The highest BCUT2D eigenvalue weighted by Gasteiger charge is 2.14. The monoisotopic (exact) mass is 579 g/mol. The maximum absolute atomic E-state index is 13.6. The van der Waals surface area contributed by atoms with Crippen molar-refractivity contribution in [3.8, 4) is 17.6 Å². The van der Waals surface area contributed by atoms with Gasteiger partial charge in [0.2, 0.25) is 0 Å². The number of benzene rings is 3. The second-order valence-electron chi connectivity index (χ2n) is 9.71. The van der Waals surface area contributed by atoms with E-state index in [0.29, 0.717) is 47.8 Å². The lowest BCUT2D eigenvalue weighted by molar-refractivity contribution is 0.0982. The Balaban J connectivity index is 1.29. The molecule has 216 valence electrons. The molecule has 0 spiro atoms.